The van der Waals surface area contributed by atoms with Crippen molar-refractivity contribution in [1.29, 1.82) is 0 Å². The zero-order chi connectivity index (χ0) is 15.5. The second-order valence-corrected chi connectivity index (χ2v) is 4.86. The van der Waals surface area contributed by atoms with Crippen LogP contribution in [-0.4, -0.2) is 9.97 Å². The number of hydrogen-bond donors (Lipinski definition) is 1. The van der Waals surface area contributed by atoms with Crippen LogP contribution in [0.25, 0.3) is 0 Å². The molecule has 0 spiro atoms. The molecule has 3 nitrogen and oxygen atoms in total. The van der Waals surface area contributed by atoms with Crippen LogP contribution >= 0.6 is 0 Å². The molecule has 1 N–H and O–H groups in total. The van der Waals surface area contributed by atoms with Gasteiger partial charge in [-0.3, -0.25) is 9.97 Å². The molecule has 112 valence electrons. The highest BCUT2D eigenvalue weighted by Gasteiger charge is 2.30. The van der Waals surface area contributed by atoms with Crippen molar-refractivity contribution >= 4 is 0 Å². The maximum Gasteiger partial charge on any atom is 0.416 e. The van der Waals surface area contributed by atoms with Crippen molar-refractivity contribution < 1.29 is 13.2 Å². The second-order valence-electron chi connectivity index (χ2n) is 4.86. The molecule has 2 unspecified atom stereocenters. The number of halogens is 3. The molecule has 0 fully saturated rings. The zero-order valence-corrected chi connectivity index (χ0v) is 11.7. The summed E-state index contributed by atoms with van der Waals surface area (Å²) in [6, 6.07) is 5.04. The number of nitrogens with zero attached hydrogens (tertiary/aromatic N) is 2. The monoisotopic (exact) mass is 295 g/mol. The van der Waals surface area contributed by atoms with Crippen LogP contribution < -0.4 is 5.32 Å². The maximum absolute atomic E-state index is 12.5. The molecule has 0 saturated heterocycles. The Morgan fingerprint density at radius 2 is 1.67 bits per heavy atom. The molecule has 2 aromatic rings. The molecule has 2 rings (SSSR count). The van der Waals surface area contributed by atoms with E-state index < -0.39 is 11.7 Å². The van der Waals surface area contributed by atoms with E-state index in [0.717, 1.165) is 23.4 Å². The van der Waals surface area contributed by atoms with E-state index in [4.69, 9.17) is 0 Å². The molecule has 0 bridgehead atoms. The third kappa shape index (κ3) is 4.01. The molecule has 6 heteroatoms. The third-order valence-corrected chi connectivity index (χ3v) is 3.26. The fourth-order valence-electron chi connectivity index (χ4n) is 2.05. The normalized spacial score (nSPS) is 14.7. The summed E-state index contributed by atoms with van der Waals surface area (Å²) in [5.41, 5.74) is 0.940. The lowest BCUT2D eigenvalue weighted by Gasteiger charge is -2.20. The van der Waals surface area contributed by atoms with Gasteiger partial charge in [0.1, 0.15) is 0 Å². The summed E-state index contributed by atoms with van der Waals surface area (Å²) in [7, 11) is 0. The number of benzene rings is 1. The minimum atomic E-state index is -4.30. The van der Waals surface area contributed by atoms with Gasteiger partial charge in [-0.15, -0.1) is 0 Å². The number of alkyl halides is 3. The van der Waals surface area contributed by atoms with E-state index >= 15 is 0 Å². The molecule has 0 aliphatic heterocycles. The van der Waals surface area contributed by atoms with E-state index in [1.807, 2.05) is 13.8 Å². The quantitative estimate of drug-likeness (QED) is 0.929. The highest BCUT2D eigenvalue weighted by atomic mass is 19.4. The Morgan fingerprint density at radius 1 is 1.00 bits per heavy atom. The molecule has 0 aliphatic rings. The lowest BCUT2D eigenvalue weighted by Crippen LogP contribution is -2.23. The van der Waals surface area contributed by atoms with Gasteiger partial charge < -0.3 is 5.32 Å². The van der Waals surface area contributed by atoms with Gasteiger partial charge >= 0.3 is 6.18 Å². The van der Waals surface area contributed by atoms with Gasteiger partial charge in [0.05, 0.1) is 11.3 Å². The van der Waals surface area contributed by atoms with E-state index in [9.17, 15) is 13.2 Å². The summed E-state index contributed by atoms with van der Waals surface area (Å²) < 4.78 is 37.6. The third-order valence-electron chi connectivity index (χ3n) is 3.26. The Balaban J connectivity index is 2.05. The first kappa shape index (κ1) is 15.4. The smallest absolute Gasteiger partial charge is 0.302 e. The molecule has 1 aromatic carbocycles. The Bertz CT molecular complexity index is 567. The maximum atomic E-state index is 12.5. The first-order chi connectivity index (χ1) is 9.88. The van der Waals surface area contributed by atoms with E-state index in [1.165, 1.54) is 12.1 Å². The van der Waals surface area contributed by atoms with Gasteiger partial charge in [-0.2, -0.15) is 13.2 Å². The minimum Gasteiger partial charge on any atom is -0.302 e. The summed E-state index contributed by atoms with van der Waals surface area (Å²) in [4.78, 5) is 8.19. The van der Waals surface area contributed by atoms with Gasteiger partial charge in [-0.05, 0) is 31.5 Å². The standard InChI is InChI=1S/C15H16F3N3/c1-10(21-11(2)14-9-19-7-8-20-14)12-3-5-13(6-4-12)15(16,17)18/h3-11,21H,1-2H3. The van der Waals surface area contributed by atoms with Crippen LogP contribution in [0.1, 0.15) is 42.8 Å². The molecule has 1 aromatic heterocycles. The molecular weight excluding hydrogens is 279 g/mol. The molecule has 0 radical (unpaired) electrons. The van der Waals surface area contributed by atoms with Gasteiger partial charge in [0.2, 0.25) is 0 Å². The molecular formula is C15H16F3N3. The van der Waals surface area contributed by atoms with Crippen LogP contribution in [0, 0.1) is 0 Å². The van der Waals surface area contributed by atoms with Crippen LogP contribution in [0.2, 0.25) is 0 Å². The van der Waals surface area contributed by atoms with Gasteiger partial charge in [-0.1, -0.05) is 12.1 Å². The van der Waals surface area contributed by atoms with E-state index in [2.05, 4.69) is 15.3 Å². The number of aromatic nitrogens is 2. The van der Waals surface area contributed by atoms with Crippen molar-refractivity contribution in [3.05, 3.63) is 59.7 Å². The molecule has 1 heterocycles. The minimum absolute atomic E-state index is 0.0454. The fourth-order valence-corrected chi connectivity index (χ4v) is 2.05. The average molecular weight is 295 g/mol. The number of rotatable bonds is 4. The van der Waals surface area contributed by atoms with Crippen LogP contribution in [0.3, 0.4) is 0 Å². The largest absolute Gasteiger partial charge is 0.416 e. The lowest BCUT2D eigenvalue weighted by atomic mass is 10.0. The predicted octanol–water partition coefficient (Wildman–Crippen LogP) is 3.91. The van der Waals surface area contributed by atoms with E-state index in [0.29, 0.717) is 0 Å². The average Bonchev–Trinajstić information content (AvgIpc) is 2.47. The van der Waals surface area contributed by atoms with Crippen molar-refractivity contribution in [3.8, 4) is 0 Å². The predicted molar refractivity (Wildman–Crippen MR) is 73.4 cm³/mol. The Kier molecular flexibility index (Phi) is 4.57. The Labute approximate surface area is 121 Å². The first-order valence-corrected chi connectivity index (χ1v) is 6.57. The molecule has 2 atom stereocenters. The van der Waals surface area contributed by atoms with Gasteiger partial charge in [0, 0.05) is 30.7 Å². The van der Waals surface area contributed by atoms with Crippen molar-refractivity contribution in [1.82, 2.24) is 15.3 Å². The van der Waals surface area contributed by atoms with Crippen molar-refractivity contribution in [2.75, 3.05) is 0 Å². The molecule has 0 amide bonds. The first-order valence-electron chi connectivity index (χ1n) is 6.57. The lowest BCUT2D eigenvalue weighted by molar-refractivity contribution is -0.137. The Hall–Kier alpha value is -1.95. The Morgan fingerprint density at radius 3 is 2.19 bits per heavy atom. The van der Waals surface area contributed by atoms with E-state index in [1.54, 1.807) is 18.6 Å². The summed E-state index contributed by atoms with van der Waals surface area (Å²) in [5.74, 6) is 0. The topological polar surface area (TPSA) is 37.8 Å². The summed E-state index contributed by atoms with van der Waals surface area (Å²) in [6.45, 7) is 3.83. The highest BCUT2D eigenvalue weighted by Crippen LogP contribution is 2.30. The SMILES string of the molecule is CC(NC(C)c1cnccn1)c1ccc(C(F)(F)F)cc1. The molecule has 0 saturated carbocycles. The summed E-state index contributed by atoms with van der Waals surface area (Å²) in [6.07, 6.45) is 0.561. The van der Waals surface area contributed by atoms with Crippen LogP contribution in [-0.2, 0) is 6.18 Å². The van der Waals surface area contributed by atoms with Crippen LogP contribution in [0.5, 0.6) is 0 Å². The van der Waals surface area contributed by atoms with Crippen molar-refractivity contribution in [2.24, 2.45) is 0 Å². The number of hydrogen-bond acceptors (Lipinski definition) is 3. The zero-order valence-electron chi connectivity index (χ0n) is 11.7. The van der Waals surface area contributed by atoms with Gasteiger partial charge in [0.25, 0.3) is 0 Å². The van der Waals surface area contributed by atoms with Gasteiger partial charge in [0.15, 0.2) is 0 Å². The van der Waals surface area contributed by atoms with E-state index in [-0.39, 0.29) is 12.1 Å². The second kappa shape index (κ2) is 6.22. The van der Waals surface area contributed by atoms with Crippen LogP contribution in [0.4, 0.5) is 13.2 Å². The van der Waals surface area contributed by atoms with Crippen LogP contribution in [0.15, 0.2) is 42.9 Å². The summed E-state index contributed by atoms with van der Waals surface area (Å²) >= 11 is 0. The molecule has 0 aliphatic carbocycles. The molecule has 21 heavy (non-hydrogen) atoms. The summed E-state index contributed by atoms with van der Waals surface area (Å²) in [5, 5.41) is 3.29. The van der Waals surface area contributed by atoms with Crippen molar-refractivity contribution in [3.63, 3.8) is 0 Å². The number of nitrogens with one attached hydrogen (secondary N) is 1. The van der Waals surface area contributed by atoms with Crippen molar-refractivity contribution in [2.45, 2.75) is 32.1 Å². The highest BCUT2D eigenvalue weighted by molar-refractivity contribution is 5.26. The fraction of sp³-hybridized carbons (Fsp3) is 0.333. The van der Waals surface area contributed by atoms with Gasteiger partial charge in [-0.25, -0.2) is 0 Å².